The molecule has 0 spiro atoms. The first-order valence-corrected chi connectivity index (χ1v) is 23.2. The van der Waals surface area contributed by atoms with Crippen LogP contribution in [-0.4, -0.2) is 113 Å². The minimum atomic E-state index is -6.24. The van der Waals surface area contributed by atoms with Gasteiger partial charge in [0.15, 0.2) is 5.78 Å². The third-order valence-corrected chi connectivity index (χ3v) is 10.9. The monoisotopic (exact) mass is 906 g/mol. The molecule has 2 unspecified atom stereocenters. The summed E-state index contributed by atoms with van der Waals surface area (Å²) in [7, 11) is -37.2. The number of carbonyl (C=O) groups is 2. The van der Waals surface area contributed by atoms with Crippen molar-refractivity contribution >= 4 is 58.7 Å². The molecule has 1 saturated carbocycles. The van der Waals surface area contributed by atoms with Crippen LogP contribution in [0.2, 0.25) is 0 Å². The quantitative estimate of drug-likeness (QED) is 0.0525. The number of carbonyl (C=O) groups excluding carboxylic acids is 1. The number of allylic oxidation sites excluding steroid dienone is 3. The average molecular weight is 906 g/mol. The molecule has 2 aliphatic carbocycles. The molecule has 0 bridgehead atoms. The van der Waals surface area contributed by atoms with Gasteiger partial charge >= 0.3 is 52.9 Å². The van der Waals surface area contributed by atoms with E-state index in [1.807, 2.05) is 0 Å². The van der Waals surface area contributed by atoms with Gasteiger partial charge in [0.25, 0.3) is 0 Å². The van der Waals surface area contributed by atoms with Crippen molar-refractivity contribution in [1.82, 2.24) is 0 Å². The molecule has 0 aromatic rings. The van der Waals surface area contributed by atoms with Gasteiger partial charge in [-0.25, -0.2) is 32.2 Å². The van der Waals surface area contributed by atoms with Crippen LogP contribution in [0, 0.1) is 5.41 Å². The van der Waals surface area contributed by atoms with Crippen molar-refractivity contribution in [3.63, 3.8) is 0 Å². The summed E-state index contributed by atoms with van der Waals surface area (Å²) in [6.45, 7) is 5.01. The molecule has 0 heterocycles. The minimum absolute atomic E-state index is 0.0388. The molecule has 33 heteroatoms. The van der Waals surface area contributed by atoms with Gasteiger partial charge in [-0.15, -0.1) is 0 Å². The zero-order valence-corrected chi connectivity index (χ0v) is 33.0. The van der Waals surface area contributed by atoms with Gasteiger partial charge in [-0.1, -0.05) is 19.9 Å². The Morgan fingerprint density at radius 3 is 1.26 bits per heavy atom. The highest BCUT2D eigenvalue weighted by Gasteiger charge is 2.64. The fraction of sp³-hybridized carbons (Fsp3) is 0.619. The summed E-state index contributed by atoms with van der Waals surface area (Å²) in [6, 6.07) is 0. The molecular formula is C21H36O27P6. The van der Waals surface area contributed by atoms with E-state index in [1.165, 1.54) is 27.7 Å². The molecule has 8 atom stereocenters. The Hall–Kier alpha value is -0.980. The van der Waals surface area contributed by atoms with Gasteiger partial charge in [0.2, 0.25) is 0 Å². The maximum Gasteiger partial charge on any atom is 0.473 e. The topological polar surface area (TPSA) is 444 Å². The van der Waals surface area contributed by atoms with Gasteiger partial charge in [0.05, 0.1) is 0 Å². The first-order chi connectivity index (χ1) is 23.9. The van der Waals surface area contributed by atoms with Crippen molar-refractivity contribution in [3.05, 3.63) is 35.5 Å². The number of carboxylic acid groups (broad SMARTS) is 1. The van der Waals surface area contributed by atoms with E-state index in [0.717, 1.165) is 18.2 Å². The average Bonchev–Trinajstić information content (AvgIpc) is 2.87. The number of hydrogen-bond donors (Lipinski definition) is 12. The summed E-state index contributed by atoms with van der Waals surface area (Å²) in [5.74, 6) is -2.02. The number of hydrogen-bond acceptors (Lipinski definition) is 15. The number of phosphoric ester groups is 6. The number of aliphatic carboxylic acids is 1. The summed E-state index contributed by atoms with van der Waals surface area (Å²) < 4.78 is 107. The van der Waals surface area contributed by atoms with E-state index in [1.54, 1.807) is 0 Å². The van der Waals surface area contributed by atoms with E-state index in [2.05, 4.69) is 22.6 Å². The highest BCUT2D eigenvalue weighted by molar-refractivity contribution is 7.48. The molecular weight excluding hydrogens is 870 g/mol. The fourth-order valence-electron chi connectivity index (χ4n) is 5.57. The normalized spacial score (nSPS) is 30.2. The van der Waals surface area contributed by atoms with Gasteiger partial charge < -0.3 is 58.9 Å². The Bertz CT molecular complexity index is 1760. The summed E-state index contributed by atoms with van der Waals surface area (Å²) in [4.78, 5) is 131. The number of ketones is 1. The van der Waals surface area contributed by atoms with Gasteiger partial charge in [-0.05, 0) is 37.1 Å². The van der Waals surface area contributed by atoms with Crippen LogP contribution in [0.5, 0.6) is 0 Å². The van der Waals surface area contributed by atoms with E-state index in [-0.39, 0.29) is 11.1 Å². The Morgan fingerprint density at radius 1 is 0.667 bits per heavy atom. The molecule has 312 valence electrons. The molecule has 0 saturated heterocycles. The van der Waals surface area contributed by atoms with Crippen LogP contribution in [0.3, 0.4) is 0 Å². The number of phosphoric acid groups is 6. The summed E-state index contributed by atoms with van der Waals surface area (Å²) in [5.41, 5.74) is -4.21. The highest BCUT2D eigenvalue weighted by Crippen LogP contribution is 2.62. The van der Waals surface area contributed by atoms with Crippen LogP contribution >= 0.6 is 46.9 Å². The van der Waals surface area contributed by atoms with E-state index in [9.17, 15) is 90.8 Å². The van der Waals surface area contributed by atoms with Gasteiger partial charge in [0.1, 0.15) is 42.2 Å². The van der Waals surface area contributed by atoms with E-state index in [4.69, 9.17) is 14.2 Å². The minimum Gasteiger partial charge on any atom is -0.478 e. The van der Waals surface area contributed by atoms with E-state index < -0.39 is 113 Å². The highest BCUT2D eigenvalue weighted by atomic mass is 31.2. The lowest BCUT2D eigenvalue weighted by molar-refractivity contribution is -0.203. The predicted molar refractivity (Wildman–Crippen MR) is 171 cm³/mol. The molecule has 0 aromatic carbocycles. The SMILES string of the molecule is CC1=CC(=O)CC(C)(C)C1(C=C/C(C)=C\C(=O)O)OP(=O)(O)O[C@@H]1[C@@H](OP(=O)(O)O)[C@H](OP(=O)(O)O)[C@@H](OP(=O)(O)O)[C@H](OP(=O)(O)O)[C@@H]1OP(=O)(O)O. The second-order valence-electron chi connectivity index (χ2n) is 12.1. The third kappa shape index (κ3) is 14.8. The number of rotatable bonds is 17. The fourth-order valence-corrected chi connectivity index (χ4v) is 9.76. The first kappa shape index (κ1) is 49.2. The van der Waals surface area contributed by atoms with Crippen molar-refractivity contribution in [3.8, 4) is 0 Å². The lowest BCUT2D eigenvalue weighted by Gasteiger charge is -2.50. The van der Waals surface area contributed by atoms with Crippen LogP contribution in [0.4, 0.5) is 0 Å². The second-order valence-corrected chi connectivity index (χ2v) is 19.4. The molecule has 12 N–H and O–H groups in total. The lowest BCUT2D eigenvalue weighted by Crippen LogP contribution is -2.66. The Kier molecular flexibility index (Phi) is 15.6. The van der Waals surface area contributed by atoms with Gasteiger partial charge in [-0.2, -0.15) is 0 Å². The molecule has 0 aromatic heterocycles. The lowest BCUT2D eigenvalue weighted by atomic mass is 9.64. The van der Waals surface area contributed by atoms with Crippen molar-refractivity contribution in [2.75, 3.05) is 0 Å². The summed E-state index contributed by atoms with van der Waals surface area (Å²) >= 11 is 0. The summed E-state index contributed by atoms with van der Waals surface area (Å²) in [6.07, 6.45) is -16.4. The van der Waals surface area contributed by atoms with E-state index >= 15 is 0 Å². The molecule has 2 aliphatic rings. The second kappa shape index (κ2) is 17.1. The van der Waals surface area contributed by atoms with Crippen molar-refractivity contribution in [2.24, 2.45) is 5.41 Å². The maximum atomic E-state index is 14.0. The molecule has 54 heavy (non-hydrogen) atoms. The van der Waals surface area contributed by atoms with Gasteiger partial charge in [-0.3, -0.25) is 36.5 Å². The Balaban J connectivity index is 3.04. The predicted octanol–water partition coefficient (Wildman–Crippen LogP) is 0.163. The Labute approximate surface area is 303 Å². The molecule has 0 amide bonds. The maximum absolute atomic E-state index is 14.0. The first-order valence-electron chi connectivity index (χ1n) is 14.1. The molecule has 2 rings (SSSR count). The zero-order chi connectivity index (χ0) is 42.3. The van der Waals surface area contributed by atoms with Crippen molar-refractivity contribution in [1.29, 1.82) is 0 Å². The summed E-state index contributed by atoms with van der Waals surface area (Å²) in [5, 5.41) is 9.11. The molecule has 1 fully saturated rings. The Morgan fingerprint density at radius 2 is 0.981 bits per heavy atom. The van der Waals surface area contributed by atoms with Crippen LogP contribution in [0.15, 0.2) is 35.5 Å². The van der Waals surface area contributed by atoms with Crippen LogP contribution in [-0.2, 0) is 68.6 Å². The zero-order valence-electron chi connectivity index (χ0n) is 27.7. The largest absolute Gasteiger partial charge is 0.478 e. The van der Waals surface area contributed by atoms with Crippen LogP contribution < -0.4 is 0 Å². The smallest absolute Gasteiger partial charge is 0.473 e. The van der Waals surface area contributed by atoms with Crippen molar-refractivity contribution in [2.45, 2.75) is 76.3 Å². The van der Waals surface area contributed by atoms with Crippen LogP contribution in [0.1, 0.15) is 34.1 Å². The van der Waals surface area contributed by atoms with Crippen LogP contribution in [0.25, 0.3) is 0 Å². The third-order valence-electron chi connectivity index (χ3n) is 7.27. The van der Waals surface area contributed by atoms with Gasteiger partial charge in [0, 0.05) is 17.9 Å². The molecule has 0 radical (unpaired) electrons. The van der Waals surface area contributed by atoms with Crippen molar-refractivity contribution < 1.29 is 128 Å². The molecule has 27 nitrogen and oxygen atoms in total. The van der Waals surface area contributed by atoms with E-state index in [0.29, 0.717) is 6.08 Å². The standard InChI is InChI=1S/C21H36O27P6/c1-10(7-13(23)24)5-6-21(11(2)8-12(22)9-20(21,3)4)48-54(40,41)47-19-17(45-52(34,35)36)15(43-50(28,29)30)14(42-49(25,26)27)16(44-51(31,32)33)18(19)46-53(37,38)39/h5-8,14-19H,9H2,1-4H3,(H,23,24)(H,40,41)(H2,25,26,27)(H2,28,29,30)(H2,31,32,33)(H2,34,35,36)(H2,37,38,39)/b6-5?,10-7-/t14-,15-,16+,17-,18-,19-,21?/m0/s1. The number of carboxylic acids is 1. The molecule has 0 aliphatic heterocycles.